The predicted molar refractivity (Wildman–Crippen MR) is 85.2 cm³/mol. The minimum absolute atomic E-state index is 0.0181. The van der Waals surface area contributed by atoms with Gasteiger partial charge in [-0.2, -0.15) is 0 Å². The van der Waals surface area contributed by atoms with Gasteiger partial charge in [0.05, 0.1) is 29.0 Å². The fraction of sp³-hybridized carbons (Fsp3) is 0.353. The summed E-state index contributed by atoms with van der Waals surface area (Å²) in [5, 5.41) is 0. The monoisotopic (exact) mass is 297 g/mol. The maximum absolute atomic E-state index is 12.2. The third kappa shape index (κ3) is 3.31. The van der Waals surface area contributed by atoms with Gasteiger partial charge in [0.15, 0.2) is 0 Å². The number of piperidine rings is 1. The van der Waals surface area contributed by atoms with Crippen LogP contribution in [0.5, 0.6) is 0 Å². The van der Waals surface area contributed by atoms with Crippen molar-refractivity contribution in [1.29, 1.82) is 0 Å². The standard InChI is InChI=1S/C17H19N3O2/c1-22-14-8-10-20(11-9-14)17(21)7-6-13-12-18-15-4-2-3-5-16(15)19-13/h2-7,12,14H,8-11H2,1H3/b7-6+. The molecule has 1 fully saturated rings. The van der Waals surface area contributed by atoms with Gasteiger partial charge in [0.25, 0.3) is 0 Å². The van der Waals surface area contributed by atoms with E-state index < -0.39 is 0 Å². The van der Waals surface area contributed by atoms with Crippen LogP contribution < -0.4 is 0 Å². The van der Waals surface area contributed by atoms with Crippen LogP contribution in [0.1, 0.15) is 18.5 Å². The van der Waals surface area contributed by atoms with Gasteiger partial charge in [0.1, 0.15) is 0 Å². The lowest BCUT2D eigenvalue weighted by molar-refractivity contribution is -0.128. The lowest BCUT2D eigenvalue weighted by Crippen LogP contribution is -2.39. The molecule has 114 valence electrons. The van der Waals surface area contributed by atoms with Gasteiger partial charge in [-0.1, -0.05) is 12.1 Å². The zero-order valence-electron chi connectivity index (χ0n) is 12.6. The van der Waals surface area contributed by atoms with E-state index in [0.717, 1.165) is 37.0 Å². The van der Waals surface area contributed by atoms with Crippen LogP contribution in [-0.2, 0) is 9.53 Å². The first-order chi connectivity index (χ1) is 10.8. The zero-order valence-corrected chi connectivity index (χ0v) is 12.6. The van der Waals surface area contributed by atoms with Crippen LogP contribution in [0.4, 0.5) is 0 Å². The quantitative estimate of drug-likeness (QED) is 0.816. The molecule has 0 unspecified atom stereocenters. The van der Waals surface area contributed by atoms with E-state index in [-0.39, 0.29) is 12.0 Å². The number of ether oxygens (including phenoxy) is 1. The number of benzene rings is 1. The second-order valence-electron chi connectivity index (χ2n) is 5.38. The van der Waals surface area contributed by atoms with Gasteiger partial charge in [0, 0.05) is 26.3 Å². The summed E-state index contributed by atoms with van der Waals surface area (Å²) in [7, 11) is 1.72. The predicted octanol–water partition coefficient (Wildman–Crippen LogP) is 2.28. The highest BCUT2D eigenvalue weighted by Crippen LogP contribution is 2.14. The molecule has 1 aromatic heterocycles. The Morgan fingerprint density at radius 1 is 1.27 bits per heavy atom. The largest absolute Gasteiger partial charge is 0.381 e. The molecule has 5 nitrogen and oxygen atoms in total. The number of para-hydroxylation sites is 2. The molecule has 1 amide bonds. The highest BCUT2D eigenvalue weighted by atomic mass is 16.5. The van der Waals surface area contributed by atoms with E-state index in [4.69, 9.17) is 4.74 Å². The number of likely N-dealkylation sites (tertiary alicyclic amines) is 1. The number of carbonyl (C=O) groups is 1. The number of methoxy groups -OCH3 is 1. The molecule has 1 aliphatic rings. The topological polar surface area (TPSA) is 55.3 Å². The second kappa shape index (κ2) is 6.66. The fourth-order valence-corrected chi connectivity index (χ4v) is 2.63. The third-order valence-corrected chi connectivity index (χ3v) is 3.95. The summed E-state index contributed by atoms with van der Waals surface area (Å²) in [4.78, 5) is 22.8. The van der Waals surface area contributed by atoms with Gasteiger partial charge in [-0.25, -0.2) is 4.98 Å². The van der Waals surface area contributed by atoms with E-state index in [1.54, 1.807) is 25.5 Å². The number of aromatic nitrogens is 2. The van der Waals surface area contributed by atoms with Gasteiger partial charge in [-0.3, -0.25) is 9.78 Å². The summed E-state index contributed by atoms with van der Waals surface area (Å²) in [6.07, 6.45) is 7.05. The van der Waals surface area contributed by atoms with Crippen molar-refractivity contribution in [2.75, 3.05) is 20.2 Å². The summed E-state index contributed by atoms with van der Waals surface area (Å²) in [5.41, 5.74) is 2.38. The first-order valence-electron chi connectivity index (χ1n) is 7.48. The summed E-state index contributed by atoms with van der Waals surface area (Å²) >= 11 is 0. The molecule has 2 heterocycles. The molecule has 22 heavy (non-hydrogen) atoms. The van der Waals surface area contributed by atoms with E-state index in [9.17, 15) is 4.79 Å². The Morgan fingerprint density at radius 2 is 2.00 bits per heavy atom. The Kier molecular flexibility index (Phi) is 4.44. The second-order valence-corrected chi connectivity index (χ2v) is 5.38. The molecule has 3 rings (SSSR count). The summed E-state index contributed by atoms with van der Waals surface area (Å²) < 4.78 is 5.32. The first kappa shape index (κ1) is 14.7. The average molecular weight is 297 g/mol. The highest BCUT2D eigenvalue weighted by Gasteiger charge is 2.20. The van der Waals surface area contributed by atoms with Crippen molar-refractivity contribution >= 4 is 23.0 Å². The normalized spacial score (nSPS) is 16.5. The molecule has 0 bridgehead atoms. The lowest BCUT2D eigenvalue weighted by Gasteiger charge is -2.30. The van der Waals surface area contributed by atoms with Crippen molar-refractivity contribution < 1.29 is 9.53 Å². The summed E-state index contributed by atoms with van der Waals surface area (Å²) in [5.74, 6) is 0.0181. The molecular formula is C17H19N3O2. The molecule has 0 atom stereocenters. The van der Waals surface area contributed by atoms with Crippen LogP contribution in [-0.4, -0.2) is 47.1 Å². The molecule has 0 saturated carbocycles. The minimum atomic E-state index is 0.0181. The van der Waals surface area contributed by atoms with E-state index in [1.165, 1.54) is 0 Å². The Bertz CT molecular complexity index is 691. The van der Waals surface area contributed by atoms with Gasteiger partial charge in [-0.15, -0.1) is 0 Å². The molecule has 5 heteroatoms. The zero-order chi connectivity index (χ0) is 15.4. The molecule has 1 aliphatic heterocycles. The maximum Gasteiger partial charge on any atom is 0.246 e. The molecular weight excluding hydrogens is 278 g/mol. The van der Waals surface area contributed by atoms with E-state index >= 15 is 0 Å². The minimum Gasteiger partial charge on any atom is -0.381 e. The van der Waals surface area contributed by atoms with Crippen LogP contribution in [0.25, 0.3) is 17.1 Å². The SMILES string of the molecule is COC1CCN(C(=O)/C=C/c2cnc3ccccc3n2)CC1. The van der Waals surface area contributed by atoms with E-state index in [1.807, 2.05) is 29.2 Å². The Labute approximate surface area is 129 Å². The van der Waals surface area contributed by atoms with Crippen molar-refractivity contribution in [3.05, 3.63) is 42.2 Å². The van der Waals surface area contributed by atoms with Crippen molar-refractivity contribution in [2.24, 2.45) is 0 Å². The smallest absolute Gasteiger partial charge is 0.246 e. The maximum atomic E-state index is 12.2. The molecule has 0 spiro atoms. The lowest BCUT2D eigenvalue weighted by atomic mass is 10.1. The number of amides is 1. The number of hydrogen-bond donors (Lipinski definition) is 0. The molecule has 0 radical (unpaired) electrons. The molecule has 1 aromatic carbocycles. The van der Waals surface area contributed by atoms with Gasteiger partial charge < -0.3 is 9.64 Å². The van der Waals surface area contributed by atoms with Crippen LogP contribution >= 0.6 is 0 Å². The number of carbonyl (C=O) groups excluding carboxylic acids is 1. The Hall–Kier alpha value is -2.27. The molecule has 1 saturated heterocycles. The number of nitrogens with zero attached hydrogens (tertiary/aromatic N) is 3. The first-order valence-corrected chi connectivity index (χ1v) is 7.48. The van der Waals surface area contributed by atoms with Crippen molar-refractivity contribution in [3.63, 3.8) is 0 Å². The van der Waals surface area contributed by atoms with Gasteiger partial charge in [-0.05, 0) is 31.1 Å². The molecule has 0 aliphatic carbocycles. The van der Waals surface area contributed by atoms with Gasteiger partial charge >= 0.3 is 0 Å². The molecule has 2 aromatic rings. The van der Waals surface area contributed by atoms with Crippen LogP contribution in [0.2, 0.25) is 0 Å². The number of fused-ring (bicyclic) bond motifs is 1. The third-order valence-electron chi connectivity index (χ3n) is 3.95. The Morgan fingerprint density at radius 3 is 2.73 bits per heavy atom. The van der Waals surface area contributed by atoms with Gasteiger partial charge in [0.2, 0.25) is 5.91 Å². The fourth-order valence-electron chi connectivity index (χ4n) is 2.63. The summed E-state index contributed by atoms with van der Waals surface area (Å²) in [6, 6.07) is 7.69. The van der Waals surface area contributed by atoms with Crippen molar-refractivity contribution in [3.8, 4) is 0 Å². The van der Waals surface area contributed by atoms with Crippen LogP contribution in [0.15, 0.2) is 36.5 Å². The van der Waals surface area contributed by atoms with Crippen LogP contribution in [0.3, 0.4) is 0 Å². The average Bonchev–Trinajstić information content (AvgIpc) is 2.59. The number of hydrogen-bond acceptors (Lipinski definition) is 4. The highest BCUT2D eigenvalue weighted by molar-refractivity contribution is 5.91. The summed E-state index contributed by atoms with van der Waals surface area (Å²) in [6.45, 7) is 1.48. The van der Waals surface area contributed by atoms with Crippen molar-refractivity contribution in [1.82, 2.24) is 14.9 Å². The Balaban J connectivity index is 1.66. The van der Waals surface area contributed by atoms with E-state index in [2.05, 4.69) is 9.97 Å². The number of rotatable bonds is 3. The van der Waals surface area contributed by atoms with E-state index in [0.29, 0.717) is 5.69 Å². The van der Waals surface area contributed by atoms with Crippen molar-refractivity contribution in [2.45, 2.75) is 18.9 Å². The molecule has 0 N–H and O–H groups in total. The van der Waals surface area contributed by atoms with Crippen LogP contribution in [0, 0.1) is 0 Å².